The Morgan fingerprint density at radius 2 is 1.74 bits per heavy atom. The molecule has 4 heterocycles. The Kier molecular flexibility index (Phi) is 5.00. The van der Waals surface area contributed by atoms with E-state index < -0.39 is 29.3 Å². The number of halogens is 4. The van der Waals surface area contributed by atoms with Crippen molar-refractivity contribution in [2.75, 3.05) is 6.54 Å². The van der Waals surface area contributed by atoms with Gasteiger partial charge >= 0.3 is 0 Å². The highest BCUT2D eigenvalue weighted by molar-refractivity contribution is 5.95. The van der Waals surface area contributed by atoms with Crippen LogP contribution in [-0.2, 0) is 13.5 Å². The third-order valence-corrected chi connectivity index (χ3v) is 6.44. The minimum Gasteiger partial charge on any atom is -0.329 e. The van der Waals surface area contributed by atoms with E-state index >= 15 is 0 Å². The molecule has 1 aromatic carbocycles. The summed E-state index contributed by atoms with van der Waals surface area (Å²) < 4.78 is 58.4. The van der Waals surface area contributed by atoms with Gasteiger partial charge in [0.15, 0.2) is 17.5 Å². The summed E-state index contributed by atoms with van der Waals surface area (Å²) in [6.07, 6.45) is 1.63. The zero-order valence-corrected chi connectivity index (χ0v) is 19.0. The van der Waals surface area contributed by atoms with Gasteiger partial charge in [0.2, 0.25) is 0 Å². The largest absolute Gasteiger partial charge is 0.329 e. The summed E-state index contributed by atoms with van der Waals surface area (Å²) in [5, 5.41) is 4.52. The second kappa shape index (κ2) is 7.68. The predicted octanol–water partition coefficient (Wildman–Crippen LogP) is 4.67. The molecule has 4 aromatic rings. The monoisotopic (exact) mass is 471 g/mol. The van der Waals surface area contributed by atoms with Crippen LogP contribution in [0.3, 0.4) is 0 Å². The molecule has 0 saturated heterocycles. The molecule has 176 valence electrons. The Hall–Kier alpha value is -3.69. The van der Waals surface area contributed by atoms with E-state index in [-0.39, 0.29) is 17.2 Å². The number of benzene rings is 1. The summed E-state index contributed by atoms with van der Waals surface area (Å²) in [6, 6.07) is 3.00. The van der Waals surface area contributed by atoms with Gasteiger partial charge in [-0.1, -0.05) is 0 Å². The van der Waals surface area contributed by atoms with Gasteiger partial charge in [-0.15, -0.1) is 0 Å². The van der Waals surface area contributed by atoms with Gasteiger partial charge in [0, 0.05) is 30.9 Å². The number of pyridine rings is 1. The van der Waals surface area contributed by atoms with Crippen molar-refractivity contribution in [3.05, 3.63) is 75.9 Å². The molecular weight excluding hydrogens is 450 g/mol. The molecule has 10 heteroatoms. The molecule has 0 unspecified atom stereocenters. The summed E-state index contributed by atoms with van der Waals surface area (Å²) in [4.78, 5) is 19.6. The van der Waals surface area contributed by atoms with Crippen molar-refractivity contribution in [1.82, 2.24) is 24.1 Å². The normalized spacial score (nSPS) is 15.8. The Morgan fingerprint density at radius 1 is 1.06 bits per heavy atom. The lowest BCUT2D eigenvalue weighted by Crippen LogP contribution is -2.39. The Morgan fingerprint density at radius 3 is 2.41 bits per heavy atom. The summed E-state index contributed by atoms with van der Waals surface area (Å²) in [7, 11) is 1.63. The molecule has 1 atom stereocenters. The molecule has 1 amide bonds. The number of carbonyl (C=O) groups is 1. The van der Waals surface area contributed by atoms with E-state index in [0.29, 0.717) is 41.3 Å². The van der Waals surface area contributed by atoms with Crippen molar-refractivity contribution in [3.63, 3.8) is 0 Å². The first-order chi connectivity index (χ1) is 16.1. The van der Waals surface area contributed by atoms with Gasteiger partial charge in [0.25, 0.3) is 5.91 Å². The Balaban J connectivity index is 1.55. The molecule has 0 N–H and O–H groups in total. The fourth-order valence-electron chi connectivity index (χ4n) is 4.75. The minimum atomic E-state index is -1.53. The predicted molar refractivity (Wildman–Crippen MR) is 116 cm³/mol. The zero-order chi connectivity index (χ0) is 24.5. The van der Waals surface area contributed by atoms with Crippen molar-refractivity contribution in [2.24, 2.45) is 7.05 Å². The maximum Gasteiger partial charge on any atom is 0.273 e. The molecule has 34 heavy (non-hydrogen) atoms. The van der Waals surface area contributed by atoms with Gasteiger partial charge < -0.3 is 4.90 Å². The number of carbonyl (C=O) groups excluding carboxylic acids is 1. The maximum absolute atomic E-state index is 14.2. The summed E-state index contributed by atoms with van der Waals surface area (Å²) in [6.45, 7) is 5.44. The first-order valence-electron chi connectivity index (χ1n) is 10.7. The lowest BCUT2D eigenvalue weighted by Gasteiger charge is -2.33. The smallest absolute Gasteiger partial charge is 0.273 e. The average Bonchev–Trinajstić information content (AvgIpc) is 3.27. The van der Waals surface area contributed by atoms with Crippen molar-refractivity contribution in [3.8, 4) is 11.3 Å². The lowest BCUT2D eigenvalue weighted by molar-refractivity contribution is 0.0665. The molecule has 1 aliphatic heterocycles. The molecule has 0 radical (unpaired) electrons. The fourth-order valence-corrected chi connectivity index (χ4v) is 4.75. The molecule has 0 aliphatic carbocycles. The van der Waals surface area contributed by atoms with Gasteiger partial charge in [-0.2, -0.15) is 5.10 Å². The van der Waals surface area contributed by atoms with Gasteiger partial charge in [0.05, 0.1) is 23.1 Å². The van der Waals surface area contributed by atoms with Crippen molar-refractivity contribution < 1.29 is 22.4 Å². The van der Waals surface area contributed by atoms with Crippen LogP contribution in [0, 0.1) is 37.1 Å². The number of nitrogens with zero attached hydrogens (tertiary/aromatic N) is 5. The number of aromatic nitrogens is 4. The fraction of sp³-hybridized carbons (Fsp3) is 0.292. The van der Waals surface area contributed by atoms with Crippen LogP contribution in [0.15, 0.2) is 24.4 Å². The van der Waals surface area contributed by atoms with E-state index in [9.17, 15) is 22.4 Å². The number of imidazole rings is 1. The number of hydrogen-bond acceptors (Lipinski definition) is 3. The lowest BCUT2D eigenvalue weighted by atomic mass is 9.95. The number of fused-ring (bicyclic) bond motifs is 2. The molecular formula is C24H21F4N5O. The van der Waals surface area contributed by atoms with Crippen LogP contribution >= 0.6 is 0 Å². The van der Waals surface area contributed by atoms with E-state index in [1.165, 1.54) is 15.3 Å². The molecule has 3 aromatic heterocycles. The summed E-state index contributed by atoms with van der Waals surface area (Å²) in [5.41, 5.74) is 3.61. The average molecular weight is 471 g/mol. The molecule has 0 fully saturated rings. The van der Waals surface area contributed by atoms with E-state index in [2.05, 4.69) is 10.1 Å². The highest BCUT2D eigenvalue weighted by atomic mass is 19.2. The number of amides is 1. The van der Waals surface area contributed by atoms with E-state index in [0.717, 1.165) is 17.7 Å². The highest BCUT2D eigenvalue weighted by Crippen LogP contribution is 2.37. The standard InChI is InChI=1S/C24H21F4N5O/c1-11-7-19-29-12(2)22(33(19)10-18(11)27)24(34)32-6-5-15-21(13(32)3)30-31(4)23(15)14-8-16(25)20(28)17(26)9-14/h7-10,13H,5-6H2,1-4H3/t13-/m0/s1. The SMILES string of the molecule is Cc1cc2nc(C)c(C(=O)N3CCc4c(nn(C)c4-c4cc(F)c(F)c(F)c4)[C@@H]3C)n2cc1F. The van der Waals surface area contributed by atoms with Crippen molar-refractivity contribution >= 4 is 11.6 Å². The second-order valence-corrected chi connectivity index (χ2v) is 8.59. The van der Waals surface area contributed by atoms with Crippen LogP contribution < -0.4 is 0 Å². The Bertz CT molecular complexity index is 1470. The molecule has 0 bridgehead atoms. The van der Waals surface area contributed by atoms with Crippen LogP contribution in [0.1, 0.15) is 46.0 Å². The first kappa shape index (κ1) is 22.1. The van der Waals surface area contributed by atoms with Crippen molar-refractivity contribution in [1.29, 1.82) is 0 Å². The van der Waals surface area contributed by atoms with Crippen molar-refractivity contribution in [2.45, 2.75) is 33.2 Å². The number of hydrogen-bond donors (Lipinski definition) is 0. The molecule has 6 nitrogen and oxygen atoms in total. The van der Waals surface area contributed by atoms with Crippen LogP contribution in [0.5, 0.6) is 0 Å². The van der Waals surface area contributed by atoms with Crippen LogP contribution in [0.4, 0.5) is 17.6 Å². The van der Waals surface area contributed by atoms with E-state index in [4.69, 9.17) is 0 Å². The van der Waals surface area contributed by atoms with Crippen LogP contribution in [0.2, 0.25) is 0 Å². The quantitative estimate of drug-likeness (QED) is 0.316. The van der Waals surface area contributed by atoms with Gasteiger partial charge in [-0.05, 0) is 51.0 Å². The van der Waals surface area contributed by atoms with Gasteiger partial charge in [-0.3, -0.25) is 13.9 Å². The molecule has 0 saturated carbocycles. The number of rotatable bonds is 2. The van der Waals surface area contributed by atoms with E-state index in [1.807, 2.05) is 6.92 Å². The maximum atomic E-state index is 14.2. The van der Waals surface area contributed by atoms with E-state index in [1.54, 1.807) is 31.9 Å². The number of aryl methyl sites for hydroxylation is 3. The first-order valence-corrected chi connectivity index (χ1v) is 10.7. The summed E-state index contributed by atoms with van der Waals surface area (Å²) >= 11 is 0. The zero-order valence-electron chi connectivity index (χ0n) is 19.0. The second-order valence-electron chi connectivity index (χ2n) is 8.59. The van der Waals surface area contributed by atoms with Gasteiger partial charge in [-0.25, -0.2) is 22.5 Å². The molecule has 0 spiro atoms. The molecule has 1 aliphatic rings. The Labute approximate surface area is 192 Å². The molecule has 5 rings (SSSR count). The van der Waals surface area contributed by atoms with Gasteiger partial charge in [0.1, 0.15) is 17.2 Å². The third kappa shape index (κ3) is 3.19. The van der Waals surface area contributed by atoms with Crippen LogP contribution in [0.25, 0.3) is 16.9 Å². The minimum absolute atomic E-state index is 0.170. The van der Waals surface area contributed by atoms with Crippen LogP contribution in [-0.4, -0.2) is 36.5 Å². The third-order valence-electron chi connectivity index (χ3n) is 6.44. The topological polar surface area (TPSA) is 55.4 Å². The summed E-state index contributed by atoms with van der Waals surface area (Å²) in [5.74, 6) is -4.86. The highest BCUT2D eigenvalue weighted by Gasteiger charge is 2.35.